The summed E-state index contributed by atoms with van der Waals surface area (Å²) in [6, 6.07) is 1.10. The van der Waals surface area contributed by atoms with Gasteiger partial charge in [-0.1, -0.05) is 6.92 Å². The molecular formula is C14H25N3S. The minimum absolute atomic E-state index is 0.404. The summed E-state index contributed by atoms with van der Waals surface area (Å²) in [7, 11) is 2.01. The van der Waals surface area contributed by atoms with Crippen molar-refractivity contribution in [1.82, 2.24) is 10.3 Å². The molecule has 102 valence electrons. The van der Waals surface area contributed by atoms with E-state index in [1.807, 2.05) is 18.4 Å². The van der Waals surface area contributed by atoms with E-state index in [1.165, 1.54) is 47.9 Å². The molecule has 1 N–H and O–H groups in total. The van der Waals surface area contributed by atoms with E-state index >= 15 is 0 Å². The predicted octanol–water partition coefficient (Wildman–Crippen LogP) is 3.50. The Bertz CT molecular complexity index is 388. The van der Waals surface area contributed by atoms with E-state index in [9.17, 15) is 0 Å². The number of nitrogens with one attached hydrogen (secondary N) is 1. The molecule has 2 heterocycles. The van der Waals surface area contributed by atoms with Crippen molar-refractivity contribution in [2.45, 2.75) is 58.5 Å². The number of thiazole rings is 1. The van der Waals surface area contributed by atoms with Crippen LogP contribution in [-0.2, 0) is 0 Å². The quantitative estimate of drug-likeness (QED) is 0.905. The van der Waals surface area contributed by atoms with Crippen molar-refractivity contribution in [3.8, 4) is 0 Å². The van der Waals surface area contributed by atoms with Crippen LogP contribution in [0, 0.1) is 6.92 Å². The average molecular weight is 267 g/mol. The minimum Gasteiger partial charge on any atom is -0.345 e. The first-order valence-corrected chi connectivity index (χ1v) is 7.90. The van der Waals surface area contributed by atoms with Crippen LogP contribution in [0.5, 0.6) is 0 Å². The number of nitrogens with zero attached hydrogens (tertiary/aromatic N) is 2. The number of piperidine rings is 1. The first kappa shape index (κ1) is 13.8. The van der Waals surface area contributed by atoms with Crippen LogP contribution in [0.4, 0.5) is 5.13 Å². The Labute approximate surface area is 115 Å². The molecule has 1 aliphatic heterocycles. The third-order valence-corrected chi connectivity index (χ3v) is 5.37. The Balaban J connectivity index is 2.22. The molecule has 2 unspecified atom stereocenters. The van der Waals surface area contributed by atoms with Gasteiger partial charge in [0.05, 0.1) is 5.69 Å². The molecular weight excluding hydrogens is 242 g/mol. The van der Waals surface area contributed by atoms with E-state index in [4.69, 9.17) is 4.98 Å². The summed E-state index contributed by atoms with van der Waals surface area (Å²) in [4.78, 5) is 8.72. The van der Waals surface area contributed by atoms with Crippen LogP contribution in [0.2, 0.25) is 0 Å². The fourth-order valence-electron chi connectivity index (χ4n) is 2.73. The average Bonchev–Trinajstić information content (AvgIpc) is 2.79. The predicted molar refractivity (Wildman–Crippen MR) is 79.6 cm³/mol. The van der Waals surface area contributed by atoms with Gasteiger partial charge in [-0.25, -0.2) is 4.98 Å². The topological polar surface area (TPSA) is 28.2 Å². The Kier molecular flexibility index (Phi) is 4.62. The molecule has 0 spiro atoms. The van der Waals surface area contributed by atoms with E-state index in [0.29, 0.717) is 12.1 Å². The lowest BCUT2D eigenvalue weighted by Crippen LogP contribution is -2.39. The van der Waals surface area contributed by atoms with E-state index in [0.717, 1.165) is 0 Å². The van der Waals surface area contributed by atoms with Crippen molar-refractivity contribution in [3.05, 3.63) is 10.6 Å². The van der Waals surface area contributed by atoms with Gasteiger partial charge in [-0.15, -0.1) is 11.3 Å². The van der Waals surface area contributed by atoms with E-state index in [2.05, 4.69) is 31.0 Å². The number of anilines is 1. The molecule has 0 amide bonds. The van der Waals surface area contributed by atoms with Crippen molar-refractivity contribution in [2.75, 3.05) is 18.5 Å². The van der Waals surface area contributed by atoms with Crippen LogP contribution in [0.15, 0.2) is 0 Å². The van der Waals surface area contributed by atoms with Crippen molar-refractivity contribution < 1.29 is 0 Å². The van der Waals surface area contributed by atoms with Gasteiger partial charge < -0.3 is 10.2 Å². The highest BCUT2D eigenvalue weighted by molar-refractivity contribution is 7.15. The summed E-state index contributed by atoms with van der Waals surface area (Å²) >= 11 is 1.87. The van der Waals surface area contributed by atoms with Crippen molar-refractivity contribution >= 4 is 16.5 Å². The molecule has 1 aromatic heterocycles. The second-order valence-corrected chi connectivity index (χ2v) is 6.22. The summed E-state index contributed by atoms with van der Waals surface area (Å²) in [6.07, 6.45) is 5.24. The number of aromatic nitrogens is 1. The van der Waals surface area contributed by atoms with Crippen LogP contribution in [0.1, 0.15) is 56.1 Å². The second kappa shape index (κ2) is 6.02. The molecule has 1 aliphatic rings. The number of hydrogen-bond acceptors (Lipinski definition) is 4. The molecule has 2 atom stereocenters. The summed E-state index contributed by atoms with van der Waals surface area (Å²) in [5, 5.41) is 4.55. The molecule has 4 heteroatoms. The molecule has 1 saturated heterocycles. The third-order valence-electron chi connectivity index (χ3n) is 3.99. The smallest absolute Gasteiger partial charge is 0.186 e. The van der Waals surface area contributed by atoms with Gasteiger partial charge >= 0.3 is 0 Å². The molecule has 0 aromatic carbocycles. The van der Waals surface area contributed by atoms with Crippen LogP contribution in [0.25, 0.3) is 0 Å². The second-order valence-electron chi connectivity index (χ2n) is 5.21. The fraction of sp³-hybridized carbons (Fsp3) is 0.786. The van der Waals surface area contributed by atoms with Gasteiger partial charge in [0.15, 0.2) is 5.13 Å². The number of aryl methyl sites for hydroxylation is 1. The van der Waals surface area contributed by atoms with Crippen LogP contribution < -0.4 is 10.2 Å². The zero-order valence-electron chi connectivity index (χ0n) is 12.0. The highest BCUT2D eigenvalue weighted by Crippen LogP contribution is 2.34. The monoisotopic (exact) mass is 267 g/mol. The van der Waals surface area contributed by atoms with Crippen molar-refractivity contribution in [2.24, 2.45) is 0 Å². The third kappa shape index (κ3) is 2.69. The zero-order chi connectivity index (χ0) is 13.1. The van der Waals surface area contributed by atoms with E-state index in [-0.39, 0.29) is 0 Å². The van der Waals surface area contributed by atoms with Crippen LogP contribution in [-0.4, -0.2) is 24.6 Å². The Hall–Kier alpha value is -0.610. The highest BCUT2D eigenvalue weighted by atomic mass is 32.1. The van der Waals surface area contributed by atoms with Gasteiger partial charge in [0.1, 0.15) is 0 Å². The van der Waals surface area contributed by atoms with Gasteiger partial charge in [0.25, 0.3) is 0 Å². The molecule has 0 bridgehead atoms. The van der Waals surface area contributed by atoms with Crippen LogP contribution in [0.3, 0.4) is 0 Å². The maximum atomic E-state index is 4.81. The number of hydrogen-bond donors (Lipinski definition) is 1. The largest absolute Gasteiger partial charge is 0.345 e. The van der Waals surface area contributed by atoms with E-state index in [1.54, 1.807) is 0 Å². The van der Waals surface area contributed by atoms with Gasteiger partial charge in [-0.05, 0) is 46.6 Å². The summed E-state index contributed by atoms with van der Waals surface area (Å²) in [6.45, 7) is 7.81. The molecule has 0 radical (unpaired) electrons. The number of rotatable bonds is 4. The molecule has 1 aromatic rings. The first-order chi connectivity index (χ1) is 8.67. The minimum atomic E-state index is 0.404. The SMILES string of the molecule is CCC1CCCCN1c1nc(C)c(C(C)NC)s1. The molecule has 1 fully saturated rings. The Morgan fingerprint density at radius 2 is 2.28 bits per heavy atom. The molecule has 2 rings (SSSR count). The van der Waals surface area contributed by atoms with Crippen molar-refractivity contribution in [3.63, 3.8) is 0 Å². The standard InChI is InChI=1S/C14H25N3S/c1-5-12-8-6-7-9-17(12)14-16-11(3)13(18-14)10(2)15-4/h10,12,15H,5-9H2,1-4H3. The van der Waals surface area contributed by atoms with E-state index < -0.39 is 0 Å². The van der Waals surface area contributed by atoms with Gasteiger partial charge in [-0.2, -0.15) is 0 Å². The maximum absolute atomic E-state index is 4.81. The maximum Gasteiger partial charge on any atom is 0.186 e. The molecule has 3 nitrogen and oxygen atoms in total. The molecule has 0 saturated carbocycles. The first-order valence-electron chi connectivity index (χ1n) is 7.08. The summed E-state index contributed by atoms with van der Waals surface area (Å²) < 4.78 is 0. The van der Waals surface area contributed by atoms with Crippen molar-refractivity contribution in [1.29, 1.82) is 0 Å². The fourth-order valence-corrected chi connectivity index (χ4v) is 3.95. The summed E-state index contributed by atoms with van der Waals surface area (Å²) in [5.41, 5.74) is 1.19. The lowest BCUT2D eigenvalue weighted by atomic mass is 10.0. The lowest BCUT2D eigenvalue weighted by Gasteiger charge is -2.35. The van der Waals surface area contributed by atoms with Gasteiger partial charge in [0.2, 0.25) is 0 Å². The van der Waals surface area contributed by atoms with Gasteiger partial charge in [0, 0.05) is 23.5 Å². The highest BCUT2D eigenvalue weighted by Gasteiger charge is 2.25. The Morgan fingerprint density at radius 1 is 1.50 bits per heavy atom. The normalized spacial score (nSPS) is 22.2. The molecule has 0 aliphatic carbocycles. The zero-order valence-corrected chi connectivity index (χ0v) is 12.8. The summed E-state index contributed by atoms with van der Waals surface area (Å²) in [5.74, 6) is 0. The molecule has 18 heavy (non-hydrogen) atoms. The van der Waals surface area contributed by atoms with Gasteiger partial charge in [-0.3, -0.25) is 0 Å². The lowest BCUT2D eigenvalue weighted by molar-refractivity contribution is 0.449. The van der Waals surface area contributed by atoms with Crippen LogP contribution >= 0.6 is 11.3 Å². The Morgan fingerprint density at radius 3 is 2.94 bits per heavy atom.